The number of nitrogens with zero attached hydrogens (tertiary/aromatic N) is 2. The molecule has 0 saturated heterocycles. The van der Waals surface area contributed by atoms with Crippen LogP contribution in [0, 0.1) is 0 Å². The Kier molecular flexibility index (Phi) is 8.09. The number of rotatable bonds is 4. The van der Waals surface area contributed by atoms with Crippen LogP contribution in [0.5, 0.6) is 0 Å². The first kappa shape index (κ1) is 17.7. The molecule has 0 aliphatic heterocycles. The second kappa shape index (κ2) is 8.71. The van der Waals surface area contributed by atoms with Crippen molar-refractivity contribution in [2.24, 2.45) is 10.8 Å². The summed E-state index contributed by atoms with van der Waals surface area (Å²) in [5, 5.41) is 3.55. The lowest BCUT2D eigenvalue weighted by Crippen LogP contribution is -2.06. The van der Waals surface area contributed by atoms with E-state index in [-0.39, 0.29) is 10.8 Å². The molecule has 3 N–H and O–H groups in total. The second-order valence-corrected chi connectivity index (χ2v) is 3.46. The lowest BCUT2D eigenvalue weighted by Gasteiger charge is -2.08. The topological polar surface area (TPSA) is 63.3 Å². The highest BCUT2D eigenvalue weighted by molar-refractivity contribution is 6.32. The standard InChI is InChI=1S/C9H10ClF3N4.C2H6/c10-7-4-6(9(11,12)13)5-15-8(7)17-16-3-1-2-14;1-2/h3-5H,1-2,14H2,(H,15,17);1-2H3/b16-3+;. The number of nitrogens with two attached hydrogens (primary N) is 1. The summed E-state index contributed by atoms with van der Waals surface area (Å²) < 4.78 is 36.9. The Morgan fingerprint density at radius 1 is 1.47 bits per heavy atom. The Balaban J connectivity index is 0.00000154. The SMILES string of the molecule is CC.NCC/C=N/Nc1ncc(C(F)(F)F)cc1Cl. The molecule has 0 unspecified atom stereocenters. The van der Waals surface area contributed by atoms with Crippen LogP contribution in [0.15, 0.2) is 17.4 Å². The van der Waals surface area contributed by atoms with Gasteiger partial charge in [0.2, 0.25) is 0 Å². The van der Waals surface area contributed by atoms with Gasteiger partial charge < -0.3 is 5.73 Å². The number of pyridine rings is 1. The van der Waals surface area contributed by atoms with Gasteiger partial charge in [-0.3, -0.25) is 5.43 Å². The van der Waals surface area contributed by atoms with Crippen LogP contribution in [0.4, 0.5) is 19.0 Å². The molecule has 8 heteroatoms. The molecule has 0 aromatic carbocycles. The highest BCUT2D eigenvalue weighted by Crippen LogP contribution is 2.32. The van der Waals surface area contributed by atoms with Gasteiger partial charge in [-0.05, 0) is 19.0 Å². The van der Waals surface area contributed by atoms with Crippen molar-refractivity contribution in [3.05, 3.63) is 22.8 Å². The van der Waals surface area contributed by atoms with Crippen LogP contribution in [0.1, 0.15) is 25.8 Å². The second-order valence-electron chi connectivity index (χ2n) is 3.05. The van der Waals surface area contributed by atoms with Crippen molar-refractivity contribution in [3.8, 4) is 0 Å². The maximum atomic E-state index is 12.3. The Bertz CT molecular complexity index is 407. The summed E-state index contributed by atoms with van der Waals surface area (Å²) in [7, 11) is 0. The summed E-state index contributed by atoms with van der Waals surface area (Å²) in [6, 6.07) is 0.787. The Hall–Kier alpha value is -1.34. The number of hydrazone groups is 1. The van der Waals surface area contributed by atoms with Crippen molar-refractivity contribution < 1.29 is 13.2 Å². The van der Waals surface area contributed by atoms with Crippen LogP contribution in [-0.4, -0.2) is 17.7 Å². The van der Waals surface area contributed by atoms with Crippen LogP contribution in [0.2, 0.25) is 5.02 Å². The summed E-state index contributed by atoms with van der Waals surface area (Å²) in [5.74, 6) is 0.0629. The molecule has 1 aromatic rings. The van der Waals surface area contributed by atoms with Crippen molar-refractivity contribution >= 4 is 23.6 Å². The quantitative estimate of drug-likeness (QED) is 0.660. The molecule has 0 spiro atoms. The van der Waals surface area contributed by atoms with Gasteiger partial charge in [0.05, 0.1) is 10.6 Å². The Labute approximate surface area is 114 Å². The summed E-state index contributed by atoms with van der Waals surface area (Å²) in [6.45, 7) is 4.43. The summed E-state index contributed by atoms with van der Waals surface area (Å²) in [4.78, 5) is 3.53. The van der Waals surface area contributed by atoms with Crippen molar-refractivity contribution in [1.82, 2.24) is 4.98 Å². The normalized spacial score (nSPS) is 11.1. The first-order valence-electron chi connectivity index (χ1n) is 5.65. The minimum Gasteiger partial charge on any atom is -0.330 e. The van der Waals surface area contributed by atoms with Crippen LogP contribution >= 0.6 is 11.6 Å². The van der Waals surface area contributed by atoms with E-state index in [2.05, 4.69) is 15.5 Å². The van der Waals surface area contributed by atoms with Crippen LogP contribution in [0.3, 0.4) is 0 Å². The van der Waals surface area contributed by atoms with E-state index in [0.29, 0.717) is 19.2 Å². The first-order valence-corrected chi connectivity index (χ1v) is 6.03. The van der Waals surface area contributed by atoms with E-state index in [4.69, 9.17) is 17.3 Å². The fourth-order valence-electron chi connectivity index (χ4n) is 0.921. The van der Waals surface area contributed by atoms with E-state index >= 15 is 0 Å². The molecule has 0 aliphatic rings. The van der Waals surface area contributed by atoms with Crippen molar-refractivity contribution in [1.29, 1.82) is 0 Å². The van der Waals surface area contributed by atoms with E-state index in [9.17, 15) is 13.2 Å². The third kappa shape index (κ3) is 6.40. The van der Waals surface area contributed by atoms with E-state index in [1.807, 2.05) is 13.8 Å². The third-order valence-corrected chi connectivity index (χ3v) is 2.01. The molecule has 0 radical (unpaired) electrons. The zero-order valence-electron chi connectivity index (χ0n) is 10.6. The number of hydrogen-bond acceptors (Lipinski definition) is 4. The number of nitrogens with one attached hydrogen (secondary N) is 1. The number of alkyl halides is 3. The Morgan fingerprint density at radius 2 is 2.11 bits per heavy atom. The zero-order chi connectivity index (χ0) is 14.9. The van der Waals surface area contributed by atoms with Crippen molar-refractivity contribution in [3.63, 3.8) is 0 Å². The lowest BCUT2D eigenvalue weighted by molar-refractivity contribution is -0.137. The molecule has 0 bridgehead atoms. The molecule has 1 heterocycles. The lowest BCUT2D eigenvalue weighted by atomic mass is 10.3. The summed E-state index contributed by atoms with van der Waals surface area (Å²) >= 11 is 5.62. The van der Waals surface area contributed by atoms with Gasteiger partial charge in [0.1, 0.15) is 0 Å². The fourth-order valence-corrected chi connectivity index (χ4v) is 1.13. The predicted octanol–water partition coefficient (Wildman–Crippen LogP) is 3.53. The zero-order valence-corrected chi connectivity index (χ0v) is 11.4. The van der Waals surface area contributed by atoms with Crippen LogP contribution < -0.4 is 11.2 Å². The van der Waals surface area contributed by atoms with Gasteiger partial charge in [0.25, 0.3) is 0 Å². The van der Waals surface area contributed by atoms with Gasteiger partial charge in [-0.1, -0.05) is 25.4 Å². The average Bonchev–Trinajstić information content (AvgIpc) is 2.37. The highest BCUT2D eigenvalue weighted by atomic mass is 35.5. The summed E-state index contributed by atoms with van der Waals surface area (Å²) in [6.07, 6.45) is -1.74. The molecular weight excluding hydrogens is 281 g/mol. The molecule has 0 amide bonds. The van der Waals surface area contributed by atoms with Gasteiger partial charge in [0.15, 0.2) is 5.82 Å². The maximum absolute atomic E-state index is 12.3. The number of anilines is 1. The fraction of sp³-hybridized carbons (Fsp3) is 0.455. The van der Waals surface area contributed by atoms with Crippen LogP contribution in [-0.2, 0) is 6.18 Å². The first-order chi connectivity index (χ1) is 8.95. The molecular formula is C11H16ClF3N4. The molecule has 1 rings (SSSR count). The number of aromatic nitrogens is 1. The molecule has 0 atom stereocenters. The van der Waals surface area contributed by atoms with E-state index in [1.165, 1.54) is 6.21 Å². The monoisotopic (exact) mass is 296 g/mol. The minimum absolute atomic E-state index is 0.0629. The third-order valence-electron chi connectivity index (χ3n) is 1.73. The van der Waals surface area contributed by atoms with Gasteiger partial charge in [-0.15, -0.1) is 0 Å². The van der Waals surface area contributed by atoms with Gasteiger partial charge >= 0.3 is 6.18 Å². The smallest absolute Gasteiger partial charge is 0.330 e. The number of halogens is 4. The molecule has 0 aliphatic carbocycles. The molecule has 108 valence electrons. The largest absolute Gasteiger partial charge is 0.417 e. The molecule has 1 aromatic heterocycles. The van der Waals surface area contributed by atoms with E-state index < -0.39 is 11.7 Å². The Morgan fingerprint density at radius 3 is 2.58 bits per heavy atom. The van der Waals surface area contributed by atoms with Crippen molar-refractivity contribution in [2.75, 3.05) is 12.0 Å². The number of hydrogen-bond donors (Lipinski definition) is 2. The highest BCUT2D eigenvalue weighted by Gasteiger charge is 2.31. The summed E-state index contributed by atoms with van der Waals surface area (Å²) in [5.41, 5.74) is 6.75. The predicted molar refractivity (Wildman–Crippen MR) is 71.4 cm³/mol. The van der Waals surface area contributed by atoms with Crippen molar-refractivity contribution in [2.45, 2.75) is 26.4 Å². The van der Waals surface area contributed by atoms with Gasteiger partial charge in [-0.2, -0.15) is 18.3 Å². The molecule has 0 fully saturated rings. The maximum Gasteiger partial charge on any atom is 0.417 e. The van der Waals surface area contributed by atoms with Gasteiger partial charge in [0, 0.05) is 12.4 Å². The van der Waals surface area contributed by atoms with Gasteiger partial charge in [-0.25, -0.2) is 4.98 Å². The van der Waals surface area contributed by atoms with Crippen LogP contribution in [0.25, 0.3) is 0 Å². The minimum atomic E-state index is -4.46. The molecule has 19 heavy (non-hydrogen) atoms. The average molecular weight is 297 g/mol. The van der Waals surface area contributed by atoms with E-state index in [0.717, 1.165) is 6.07 Å². The van der Waals surface area contributed by atoms with E-state index in [1.54, 1.807) is 0 Å². The molecule has 4 nitrogen and oxygen atoms in total. The molecule has 0 saturated carbocycles.